The molecule has 0 aliphatic carbocycles. The highest BCUT2D eigenvalue weighted by Gasteiger charge is 2.32. The Bertz CT molecular complexity index is 928. The third-order valence-corrected chi connectivity index (χ3v) is 5.55. The predicted octanol–water partition coefficient (Wildman–Crippen LogP) is 2.95. The molecule has 1 aliphatic heterocycles. The van der Waals surface area contributed by atoms with E-state index < -0.39 is 0 Å². The molecule has 0 unspecified atom stereocenters. The minimum absolute atomic E-state index is 0.106. The van der Waals surface area contributed by atoms with Crippen molar-refractivity contribution < 1.29 is 4.79 Å². The van der Waals surface area contributed by atoms with Crippen LogP contribution in [0.4, 0.5) is 0 Å². The molecule has 0 N–H and O–H groups in total. The molecule has 0 aromatic carbocycles. The number of amides is 1. The van der Waals surface area contributed by atoms with Crippen LogP contribution in [0.25, 0.3) is 5.78 Å². The molecule has 0 bridgehead atoms. The molecular weight excluding hydrogens is 322 g/mol. The average molecular weight is 341 g/mol. The van der Waals surface area contributed by atoms with E-state index in [0.717, 1.165) is 24.2 Å². The van der Waals surface area contributed by atoms with Gasteiger partial charge in [0.05, 0.1) is 6.04 Å². The summed E-state index contributed by atoms with van der Waals surface area (Å²) in [5.41, 5.74) is 3.07. The van der Waals surface area contributed by atoms with E-state index in [1.54, 1.807) is 15.9 Å². The number of aryl methyl sites for hydroxylation is 2. The fourth-order valence-corrected chi connectivity index (χ4v) is 4.39. The molecule has 1 atom stereocenters. The molecule has 24 heavy (non-hydrogen) atoms. The fraction of sp³-hybridized carbons (Fsp3) is 0.412. The molecule has 1 amide bonds. The number of fused-ring (bicyclic) bond motifs is 2. The van der Waals surface area contributed by atoms with E-state index in [1.807, 2.05) is 24.8 Å². The van der Waals surface area contributed by atoms with Crippen molar-refractivity contribution in [2.75, 3.05) is 6.54 Å². The molecule has 0 saturated heterocycles. The maximum absolute atomic E-state index is 13.0. The molecule has 0 fully saturated rings. The second kappa shape index (κ2) is 5.66. The van der Waals surface area contributed by atoms with Gasteiger partial charge in [-0.25, -0.2) is 9.50 Å². The lowest BCUT2D eigenvalue weighted by molar-refractivity contribution is 0.0645. The van der Waals surface area contributed by atoms with Gasteiger partial charge in [-0.2, -0.15) is 4.98 Å². The largest absolute Gasteiger partial charge is 0.328 e. The van der Waals surface area contributed by atoms with Crippen LogP contribution in [0.15, 0.2) is 17.5 Å². The Labute approximate surface area is 144 Å². The van der Waals surface area contributed by atoms with Gasteiger partial charge in [-0.05, 0) is 49.8 Å². The number of carbonyl (C=O) groups is 1. The standard InChI is InChI=1S/C17H19N5OS/c1-4-13-12-6-8-24-14(12)5-7-21(13)16(23)15-19-17-18-10(2)9-11(3)22(17)20-15/h6,8-9,13H,4-5,7H2,1-3H3/t13-/m1/s1. The Morgan fingerprint density at radius 2 is 2.21 bits per heavy atom. The lowest BCUT2D eigenvalue weighted by Gasteiger charge is -2.34. The summed E-state index contributed by atoms with van der Waals surface area (Å²) < 4.78 is 1.64. The molecule has 1 aliphatic rings. The number of aromatic nitrogens is 4. The predicted molar refractivity (Wildman–Crippen MR) is 92.3 cm³/mol. The van der Waals surface area contributed by atoms with Gasteiger partial charge in [0.25, 0.3) is 11.7 Å². The first kappa shape index (κ1) is 15.3. The van der Waals surface area contributed by atoms with Crippen molar-refractivity contribution in [2.24, 2.45) is 0 Å². The topological polar surface area (TPSA) is 63.4 Å². The number of hydrogen-bond acceptors (Lipinski definition) is 5. The number of hydrogen-bond donors (Lipinski definition) is 0. The normalized spacial score (nSPS) is 17.3. The van der Waals surface area contributed by atoms with Gasteiger partial charge in [-0.15, -0.1) is 16.4 Å². The molecular formula is C17H19N5OS. The maximum atomic E-state index is 13.0. The SMILES string of the molecule is CC[C@@H]1c2ccsc2CCN1C(=O)c1nc2nc(C)cc(C)n2n1. The van der Waals surface area contributed by atoms with Crippen LogP contribution in [-0.2, 0) is 6.42 Å². The number of rotatable bonds is 2. The Kier molecular flexibility index (Phi) is 3.60. The van der Waals surface area contributed by atoms with Gasteiger partial charge in [0.15, 0.2) is 0 Å². The Balaban J connectivity index is 1.72. The summed E-state index contributed by atoms with van der Waals surface area (Å²) in [6.45, 7) is 6.69. The highest BCUT2D eigenvalue weighted by molar-refractivity contribution is 7.10. The van der Waals surface area contributed by atoms with E-state index in [-0.39, 0.29) is 17.8 Å². The van der Waals surface area contributed by atoms with Crippen LogP contribution in [0.1, 0.15) is 51.8 Å². The number of nitrogens with zero attached hydrogens (tertiary/aromatic N) is 5. The zero-order valence-electron chi connectivity index (χ0n) is 14.0. The van der Waals surface area contributed by atoms with Crippen LogP contribution in [0.3, 0.4) is 0 Å². The summed E-state index contributed by atoms with van der Waals surface area (Å²) in [7, 11) is 0. The lowest BCUT2D eigenvalue weighted by Crippen LogP contribution is -2.39. The summed E-state index contributed by atoms with van der Waals surface area (Å²) in [6, 6.07) is 4.18. The zero-order valence-corrected chi connectivity index (χ0v) is 14.8. The monoisotopic (exact) mass is 341 g/mol. The van der Waals surface area contributed by atoms with Crippen molar-refractivity contribution in [3.05, 3.63) is 45.2 Å². The van der Waals surface area contributed by atoms with Crippen LogP contribution in [-0.4, -0.2) is 36.9 Å². The average Bonchev–Trinajstić information content (AvgIpc) is 3.19. The van der Waals surface area contributed by atoms with Crippen molar-refractivity contribution in [2.45, 2.75) is 39.7 Å². The minimum atomic E-state index is -0.110. The number of thiophene rings is 1. The quantitative estimate of drug-likeness (QED) is 0.719. The molecule has 0 saturated carbocycles. The molecule has 3 aromatic heterocycles. The van der Waals surface area contributed by atoms with Crippen molar-refractivity contribution >= 4 is 23.0 Å². The van der Waals surface area contributed by atoms with Gasteiger partial charge >= 0.3 is 0 Å². The maximum Gasteiger partial charge on any atom is 0.294 e. The Hall–Kier alpha value is -2.28. The van der Waals surface area contributed by atoms with E-state index in [1.165, 1.54) is 10.4 Å². The lowest BCUT2D eigenvalue weighted by atomic mass is 9.98. The zero-order chi connectivity index (χ0) is 16.8. The molecule has 7 heteroatoms. The number of carbonyl (C=O) groups excluding carboxylic acids is 1. The summed E-state index contributed by atoms with van der Waals surface area (Å²) in [5, 5.41) is 6.51. The van der Waals surface area contributed by atoms with Gasteiger partial charge in [-0.1, -0.05) is 6.92 Å². The first-order valence-corrected chi connectivity index (χ1v) is 9.04. The van der Waals surface area contributed by atoms with E-state index in [2.05, 4.69) is 33.4 Å². The summed E-state index contributed by atoms with van der Waals surface area (Å²) in [5.74, 6) is 0.603. The van der Waals surface area contributed by atoms with Gasteiger partial charge in [-0.3, -0.25) is 4.79 Å². The third kappa shape index (κ3) is 2.31. The second-order valence-electron chi connectivity index (χ2n) is 6.16. The summed E-state index contributed by atoms with van der Waals surface area (Å²) >= 11 is 1.78. The summed E-state index contributed by atoms with van der Waals surface area (Å²) in [6.07, 6.45) is 1.79. The van der Waals surface area contributed by atoms with Gasteiger partial charge < -0.3 is 4.90 Å². The Morgan fingerprint density at radius 3 is 3.00 bits per heavy atom. The van der Waals surface area contributed by atoms with Gasteiger partial charge in [0.1, 0.15) is 0 Å². The smallest absolute Gasteiger partial charge is 0.294 e. The second-order valence-corrected chi connectivity index (χ2v) is 7.16. The van der Waals surface area contributed by atoms with E-state index in [9.17, 15) is 4.79 Å². The van der Waals surface area contributed by atoms with Gasteiger partial charge in [0, 0.05) is 22.8 Å². The molecule has 124 valence electrons. The third-order valence-electron chi connectivity index (χ3n) is 4.55. The van der Waals surface area contributed by atoms with Crippen LogP contribution in [0.2, 0.25) is 0 Å². The van der Waals surface area contributed by atoms with Crippen molar-refractivity contribution in [3.8, 4) is 0 Å². The molecule has 6 nitrogen and oxygen atoms in total. The van der Waals surface area contributed by atoms with Crippen molar-refractivity contribution in [3.63, 3.8) is 0 Å². The molecule has 0 radical (unpaired) electrons. The first-order valence-electron chi connectivity index (χ1n) is 8.16. The highest BCUT2D eigenvalue weighted by Crippen LogP contribution is 2.35. The van der Waals surface area contributed by atoms with Crippen molar-refractivity contribution in [1.29, 1.82) is 0 Å². The van der Waals surface area contributed by atoms with Crippen LogP contribution in [0.5, 0.6) is 0 Å². The summed E-state index contributed by atoms with van der Waals surface area (Å²) in [4.78, 5) is 25.1. The highest BCUT2D eigenvalue weighted by atomic mass is 32.1. The van der Waals surface area contributed by atoms with Crippen LogP contribution in [0, 0.1) is 13.8 Å². The van der Waals surface area contributed by atoms with Crippen LogP contribution < -0.4 is 0 Å². The molecule has 4 heterocycles. The van der Waals surface area contributed by atoms with Crippen LogP contribution >= 0.6 is 11.3 Å². The van der Waals surface area contributed by atoms with E-state index >= 15 is 0 Å². The fourth-order valence-electron chi connectivity index (χ4n) is 3.47. The van der Waals surface area contributed by atoms with Crippen molar-refractivity contribution in [1.82, 2.24) is 24.5 Å². The molecule has 0 spiro atoms. The van der Waals surface area contributed by atoms with E-state index in [4.69, 9.17) is 0 Å². The van der Waals surface area contributed by atoms with E-state index in [0.29, 0.717) is 12.3 Å². The Morgan fingerprint density at radius 1 is 1.38 bits per heavy atom. The molecule has 3 aromatic rings. The molecule has 4 rings (SSSR count). The first-order chi connectivity index (χ1) is 11.6. The minimum Gasteiger partial charge on any atom is -0.328 e. The van der Waals surface area contributed by atoms with Gasteiger partial charge in [0.2, 0.25) is 5.82 Å².